The molecular formula is C15H27NO2. The lowest BCUT2D eigenvalue weighted by atomic mass is 10.1. The average molecular weight is 253 g/mol. The van der Waals surface area contributed by atoms with E-state index in [0.29, 0.717) is 5.91 Å². The van der Waals surface area contributed by atoms with Crippen LogP contribution in [0, 0.1) is 5.41 Å². The molecule has 0 radical (unpaired) electrons. The summed E-state index contributed by atoms with van der Waals surface area (Å²) in [4.78, 5) is 14.6. The van der Waals surface area contributed by atoms with Crippen LogP contribution in [0.1, 0.15) is 58.8 Å². The van der Waals surface area contributed by atoms with Gasteiger partial charge in [-0.1, -0.05) is 26.2 Å². The molecule has 0 bridgehead atoms. The van der Waals surface area contributed by atoms with Crippen LogP contribution in [0.4, 0.5) is 0 Å². The van der Waals surface area contributed by atoms with Gasteiger partial charge in [-0.15, -0.1) is 0 Å². The summed E-state index contributed by atoms with van der Waals surface area (Å²) in [6.07, 6.45) is 8.23. The first-order valence-corrected chi connectivity index (χ1v) is 7.59. The Morgan fingerprint density at radius 3 is 2.94 bits per heavy atom. The van der Waals surface area contributed by atoms with Crippen LogP contribution in [-0.2, 0) is 9.53 Å². The fourth-order valence-electron chi connectivity index (χ4n) is 2.83. The van der Waals surface area contributed by atoms with E-state index < -0.39 is 0 Å². The zero-order chi connectivity index (χ0) is 13.0. The number of fused-ring (bicyclic) bond motifs is 1. The highest BCUT2D eigenvalue weighted by atomic mass is 16.5. The Balaban J connectivity index is 1.87. The number of ether oxygens (including phenoxy) is 1. The minimum absolute atomic E-state index is 0.196. The largest absolute Gasteiger partial charge is 0.377 e. The topological polar surface area (TPSA) is 29.5 Å². The van der Waals surface area contributed by atoms with E-state index in [0.717, 1.165) is 45.4 Å². The molecule has 1 saturated heterocycles. The molecule has 2 aliphatic rings. The van der Waals surface area contributed by atoms with E-state index in [1.165, 1.54) is 19.3 Å². The van der Waals surface area contributed by atoms with Gasteiger partial charge in [0.2, 0.25) is 5.91 Å². The van der Waals surface area contributed by atoms with Crippen molar-refractivity contribution >= 4 is 5.91 Å². The second kappa shape index (κ2) is 6.05. The summed E-state index contributed by atoms with van der Waals surface area (Å²) in [7, 11) is 0. The van der Waals surface area contributed by atoms with E-state index in [-0.39, 0.29) is 11.5 Å². The van der Waals surface area contributed by atoms with Crippen LogP contribution in [0.15, 0.2) is 0 Å². The maximum Gasteiger partial charge on any atom is 0.231 e. The van der Waals surface area contributed by atoms with Crippen LogP contribution < -0.4 is 0 Å². The normalized spacial score (nSPS) is 32.4. The first kappa shape index (κ1) is 13.9. The van der Waals surface area contributed by atoms with E-state index in [2.05, 4.69) is 18.7 Å². The van der Waals surface area contributed by atoms with E-state index in [1.54, 1.807) is 0 Å². The molecular weight excluding hydrogens is 226 g/mol. The van der Waals surface area contributed by atoms with Gasteiger partial charge in [0, 0.05) is 19.7 Å². The van der Waals surface area contributed by atoms with Crippen molar-refractivity contribution in [1.82, 2.24) is 4.90 Å². The summed E-state index contributed by atoms with van der Waals surface area (Å²) in [6.45, 7) is 7.00. The lowest BCUT2D eigenvalue weighted by molar-refractivity contribution is -0.137. The third-order valence-corrected chi connectivity index (χ3v) is 4.36. The lowest BCUT2D eigenvalue weighted by Gasteiger charge is -2.25. The van der Waals surface area contributed by atoms with Crippen molar-refractivity contribution < 1.29 is 9.53 Å². The molecule has 0 aromatic rings. The summed E-state index contributed by atoms with van der Waals surface area (Å²) in [6, 6.07) is 0. The number of amides is 1. The summed E-state index contributed by atoms with van der Waals surface area (Å²) in [5.74, 6) is 0.339. The second-order valence-corrected chi connectivity index (χ2v) is 6.04. The Hall–Kier alpha value is -0.570. The first-order chi connectivity index (χ1) is 8.68. The molecule has 2 atom stereocenters. The van der Waals surface area contributed by atoms with Crippen LogP contribution in [0.2, 0.25) is 0 Å². The zero-order valence-electron chi connectivity index (χ0n) is 11.9. The van der Waals surface area contributed by atoms with Crippen LogP contribution in [0.25, 0.3) is 0 Å². The molecule has 1 amide bonds. The number of unbranched alkanes of at least 4 members (excludes halogenated alkanes) is 3. The van der Waals surface area contributed by atoms with Gasteiger partial charge in [-0.2, -0.15) is 0 Å². The van der Waals surface area contributed by atoms with Gasteiger partial charge in [0.05, 0.1) is 11.5 Å². The molecule has 0 aromatic heterocycles. The third-order valence-electron chi connectivity index (χ3n) is 4.36. The molecule has 0 aromatic carbocycles. The highest BCUT2D eigenvalue weighted by molar-refractivity contribution is 5.86. The Labute approximate surface area is 111 Å². The molecule has 0 spiro atoms. The SMILES string of the molecule is CCCCCCN1CCCCO[C@H]2C[C@@]2(C)C1=O. The van der Waals surface area contributed by atoms with Crippen molar-refractivity contribution in [3.8, 4) is 0 Å². The molecule has 1 aliphatic heterocycles. The Kier molecular flexibility index (Phi) is 4.66. The van der Waals surface area contributed by atoms with Gasteiger partial charge in [-0.3, -0.25) is 4.79 Å². The van der Waals surface area contributed by atoms with Crippen LogP contribution in [-0.4, -0.2) is 36.6 Å². The summed E-state index contributed by atoms with van der Waals surface area (Å²) in [5.41, 5.74) is -0.199. The van der Waals surface area contributed by atoms with Gasteiger partial charge in [0.15, 0.2) is 0 Å². The first-order valence-electron chi connectivity index (χ1n) is 7.59. The molecule has 3 nitrogen and oxygen atoms in total. The van der Waals surface area contributed by atoms with Crippen molar-refractivity contribution in [2.24, 2.45) is 5.41 Å². The monoisotopic (exact) mass is 253 g/mol. The smallest absolute Gasteiger partial charge is 0.231 e. The number of nitrogens with zero attached hydrogens (tertiary/aromatic N) is 1. The minimum atomic E-state index is -0.199. The van der Waals surface area contributed by atoms with Crippen LogP contribution >= 0.6 is 0 Å². The number of carbonyl (C=O) groups is 1. The zero-order valence-corrected chi connectivity index (χ0v) is 11.9. The van der Waals surface area contributed by atoms with E-state index in [1.807, 2.05) is 0 Å². The van der Waals surface area contributed by atoms with Gasteiger partial charge in [-0.25, -0.2) is 0 Å². The quantitative estimate of drug-likeness (QED) is 0.705. The van der Waals surface area contributed by atoms with Crippen molar-refractivity contribution in [3.63, 3.8) is 0 Å². The number of carbonyl (C=O) groups excluding carboxylic acids is 1. The third kappa shape index (κ3) is 3.05. The van der Waals surface area contributed by atoms with Gasteiger partial charge < -0.3 is 9.64 Å². The van der Waals surface area contributed by atoms with E-state index in [9.17, 15) is 4.79 Å². The van der Waals surface area contributed by atoms with Crippen LogP contribution in [0.3, 0.4) is 0 Å². The molecule has 0 N–H and O–H groups in total. The van der Waals surface area contributed by atoms with E-state index in [4.69, 9.17) is 4.74 Å². The predicted octanol–water partition coefficient (Wildman–Crippen LogP) is 2.98. The van der Waals surface area contributed by atoms with Gasteiger partial charge in [0.25, 0.3) is 0 Å². The minimum Gasteiger partial charge on any atom is -0.377 e. The molecule has 0 unspecified atom stereocenters. The van der Waals surface area contributed by atoms with Gasteiger partial charge in [-0.05, 0) is 32.6 Å². The highest BCUT2D eigenvalue weighted by Crippen LogP contribution is 2.49. The predicted molar refractivity (Wildman–Crippen MR) is 72.4 cm³/mol. The summed E-state index contributed by atoms with van der Waals surface area (Å²) in [5, 5.41) is 0. The highest BCUT2D eigenvalue weighted by Gasteiger charge is 2.58. The molecule has 3 heteroatoms. The fourth-order valence-corrected chi connectivity index (χ4v) is 2.83. The molecule has 1 aliphatic carbocycles. The molecule has 18 heavy (non-hydrogen) atoms. The van der Waals surface area contributed by atoms with Gasteiger partial charge >= 0.3 is 0 Å². The Morgan fingerprint density at radius 1 is 1.33 bits per heavy atom. The molecule has 1 saturated carbocycles. The standard InChI is InChI=1S/C15H27NO2/c1-3-4-5-6-9-16-10-7-8-11-18-13-12-15(13,2)14(16)17/h13H,3-12H2,1-2H3/t13-,15+/m0/s1. The van der Waals surface area contributed by atoms with Gasteiger partial charge in [0.1, 0.15) is 0 Å². The Morgan fingerprint density at radius 2 is 2.17 bits per heavy atom. The second-order valence-electron chi connectivity index (χ2n) is 6.04. The number of rotatable bonds is 5. The number of hydrogen-bond donors (Lipinski definition) is 0. The maximum absolute atomic E-state index is 12.5. The molecule has 1 heterocycles. The fraction of sp³-hybridized carbons (Fsp3) is 0.933. The Bertz CT molecular complexity index is 292. The summed E-state index contributed by atoms with van der Waals surface area (Å²) >= 11 is 0. The van der Waals surface area contributed by atoms with Crippen molar-refractivity contribution in [1.29, 1.82) is 0 Å². The molecule has 2 rings (SSSR count). The van der Waals surface area contributed by atoms with E-state index >= 15 is 0 Å². The maximum atomic E-state index is 12.5. The van der Waals surface area contributed by atoms with Crippen molar-refractivity contribution in [3.05, 3.63) is 0 Å². The molecule has 104 valence electrons. The molecule has 2 fully saturated rings. The summed E-state index contributed by atoms with van der Waals surface area (Å²) < 4.78 is 5.75. The average Bonchev–Trinajstić information content (AvgIpc) is 3.02. The van der Waals surface area contributed by atoms with Crippen LogP contribution in [0.5, 0.6) is 0 Å². The van der Waals surface area contributed by atoms with Crippen molar-refractivity contribution in [2.75, 3.05) is 19.7 Å². The van der Waals surface area contributed by atoms with Crippen molar-refractivity contribution in [2.45, 2.75) is 64.9 Å². The number of hydrogen-bond acceptors (Lipinski definition) is 2. The lowest BCUT2D eigenvalue weighted by Crippen LogP contribution is -2.38.